The molecule has 72 valence electrons. The second kappa shape index (κ2) is 5.46. The molecule has 1 rings (SSSR count). The fourth-order valence-corrected chi connectivity index (χ4v) is 1.74. The van der Waals surface area contributed by atoms with Crippen LogP contribution in [0.2, 0.25) is 10.3 Å². The third kappa shape index (κ3) is 3.97. The molecule has 0 aliphatic rings. The van der Waals surface area contributed by atoms with Crippen molar-refractivity contribution in [3.63, 3.8) is 0 Å². The van der Waals surface area contributed by atoms with Gasteiger partial charge in [-0.2, -0.15) is 0 Å². The average molecular weight is 218 g/mol. The summed E-state index contributed by atoms with van der Waals surface area (Å²) in [5.74, 6) is 0. The maximum Gasteiger partial charge on any atom is 0.131 e. The van der Waals surface area contributed by atoms with Crippen LogP contribution in [0, 0.1) is 0 Å². The van der Waals surface area contributed by atoms with E-state index < -0.39 is 0 Å². The normalized spacial score (nSPS) is 10.4. The van der Waals surface area contributed by atoms with E-state index in [1.165, 1.54) is 24.8 Å². The second-order valence-electron chi connectivity index (χ2n) is 3.08. The van der Waals surface area contributed by atoms with Crippen molar-refractivity contribution in [3.8, 4) is 0 Å². The van der Waals surface area contributed by atoms with Gasteiger partial charge in [-0.25, -0.2) is 4.98 Å². The standard InChI is InChI=1S/C10H13Cl2N/c1-2-3-4-5-8-6-9(11)13-10(12)7-8/h6-7H,2-5H2,1H3. The van der Waals surface area contributed by atoms with Crippen LogP contribution >= 0.6 is 23.2 Å². The molecule has 0 N–H and O–H groups in total. The fourth-order valence-electron chi connectivity index (χ4n) is 1.24. The lowest BCUT2D eigenvalue weighted by molar-refractivity contribution is 0.717. The van der Waals surface area contributed by atoms with Crippen LogP contribution in [0.1, 0.15) is 31.7 Å². The number of unbranched alkanes of at least 4 members (excludes halogenated alkanes) is 2. The molecule has 0 radical (unpaired) electrons. The Morgan fingerprint density at radius 3 is 2.31 bits per heavy atom. The van der Waals surface area contributed by atoms with Crippen molar-refractivity contribution in [2.24, 2.45) is 0 Å². The van der Waals surface area contributed by atoms with Crippen LogP contribution in [0.25, 0.3) is 0 Å². The molecule has 0 aliphatic heterocycles. The topological polar surface area (TPSA) is 12.9 Å². The maximum absolute atomic E-state index is 5.77. The van der Waals surface area contributed by atoms with Crippen LogP contribution in [-0.4, -0.2) is 4.98 Å². The predicted octanol–water partition coefficient (Wildman–Crippen LogP) is 4.12. The average Bonchev–Trinajstić information content (AvgIpc) is 2.03. The first kappa shape index (κ1) is 10.8. The highest BCUT2D eigenvalue weighted by Gasteiger charge is 1.98. The maximum atomic E-state index is 5.77. The molecule has 0 bridgehead atoms. The molecule has 13 heavy (non-hydrogen) atoms. The van der Waals surface area contributed by atoms with E-state index in [1.54, 1.807) is 0 Å². The Balaban J connectivity index is 2.56. The highest BCUT2D eigenvalue weighted by atomic mass is 35.5. The largest absolute Gasteiger partial charge is 0.224 e. The van der Waals surface area contributed by atoms with Crippen LogP contribution in [-0.2, 0) is 6.42 Å². The summed E-state index contributed by atoms with van der Waals surface area (Å²) >= 11 is 11.5. The Bertz CT molecular complexity index is 253. The second-order valence-corrected chi connectivity index (χ2v) is 3.85. The smallest absolute Gasteiger partial charge is 0.131 e. The minimum absolute atomic E-state index is 0.485. The van der Waals surface area contributed by atoms with Crippen LogP contribution in [0.5, 0.6) is 0 Å². The third-order valence-corrected chi connectivity index (χ3v) is 2.28. The van der Waals surface area contributed by atoms with Gasteiger partial charge in [-0.1, -0.05) is 43.0 Å². The molecule has 1 heterocycles. The minimum atomic E-state index is 0.485. The van der Waals surface area contributed by atoms with Gasteiger partial charge in [-0.05, 0) is 30.5 Å². The lowest BCUT2D eigenvalue weighted by atomic mass is 10.1. The number of rotatable bonds is 4. The zero-order chi connectivity index (χ0) is 9.68. The van der Waals surface area contributed by atoms with E-state index in [2.05, 4.69) is 11.9 Å². The van der Waals surface area contributed by atoms with Crippen LogP contribution in [0.3, 0.4) is 0 Å². The zero-order valence-corrected chi connectivity index (χ0v) is 9.20. The van der Waals surface area contributed by atoms with Crippen molar-refractivity contribution in [2.45, 2.75) is 32.6 Å². The first-order valence-electron chi connectivity index (χ1n) is 4.54. The van der Waals surface area contributed by atoms with E-state index in [9.17, 15) is 0 Å². The molecule has 3 heteroatoms. The highest BCUT2D eigenvalue weighted by Crippen LogP contribution is 2.16. The first-order valence-corrected chi connectivity index (χ1v) is 5.30. The summed E-state index contributed by atoms with van der Waals surface area (Å²) in [6.07, 6.45) is 4.70. The van der Waals surface area contributed by atoms with E-state index in [-0.39, 0.29) is 0 Å². The molecular formula is C10H13Cl2N. The van der Waals surface area contributed by atoms with Crippen LogP contribution in [0.15, 0.2) is 12.1 Å². The van der Waals surface area contributed by atoms with Crippen molar-refractivity contribution in [2.75, 3.05) is 0 Å². The number of nitrogens with zero attached hydrogens (tertiary/aromatic N) is 1. The number of hydrogen-bond acceptors (Lipinski definition) is 1. The predicted molar refractivity (Wildman–Crippen MR) is 57.5 cm³/mol. The Labute approximate surface area is 89.1 Å². The number of aromatic nitrogens is 1. The summed E-state index contributed by atoms with van der Waals surface area (Å²) < 4.78 is 0. The summed E-state index contributed by atoms with van der Waals surface area (Å²) in [5, 5.41) is 0.970. The molecular weight excluding hydrogens is 205 g/mol. The van der Waals surface area contributed by atoms with Crippen molar-refractivity contribution >= 4 is 23.2 Å². The SMILES string of the molecule is CCCCCc1cc(Cl)nc(Cl)c1. The van der Waals surface area contributed by atoms with Gasteiger partial charge < -0.3 is 0 Å². The van der Waals surface area contributed by atoms with Gasteiger partial charge in [0.25, 0.3) is 0 Å². The van der Waals surface area contributed by atoms with Gasteiger partial charge in [-0.3, -0.25) is 0 Å². The zero-order valence-electron chi connectivity index (χ0n) is 7.69. The van der Waals surface area contributed by atoms with Gasteiger partial charge in [0.15, 0.2) is 0 Å². The molecule has 0 fully saturated rings. The summed E-state index contributed by atoms with van der Waals surface area (Å²) in [6, 6.07) is 3.76. The molecule has 1 aromatic rings. The molecule has 0 saturated carbocycles. The van der Waals surface area contributed by atoms with E-state index in [0.29, 0.717) is 10.3 Å². The van der Waals surface area contributed by atoms with Gasteiger partial charge in [-0.15, -0.1) is 0 Å². The highest BCUT2D eigenvalue weighted by molar-refractivity contribution is 6.32. The quantitative estimate of drug-likeness (QED) is 0.547. The first-order chi connectivity index (χ1) is 6.22. The number of halogens is 2. The van der Waals surface area contributed by atoms with Crippen LogP contribution in [0.4, 0.5) is 0 Å². The number of hydrogen-bond donors (Lipinski definition) is 0. The Morgan fingerprint density at radius 1 is 1.15 bits per heavy atom. The van der Waals surface area contributed by atoms with Gasteiger partial charge in [0.1, 0.15) is 10.3 Å². The molecule has 0 spiro atoms. The fraction of sp³-hybridized carbons (Fsp3) is 0.500. The van der Waals surface area contributed by atoms with Gasteiger partial charge in [0, 0.05) is 0 Å². The summed E-state index contributed by atoms with van der Waals surface area (Å²) in [6.45, 7) is 2.19. The number of pyridine rings is 1. The van der Waals surface area contributed by atoms with Crippen molar-refractivity contribution in [1.82, 2.24) is 4.98 Å². The molecule has 1 aromatic heterocycles. The molecule has 0 amide bonds. The molecule has 1 nitrogen and oxygen atoms in total. The third-order valence-electron chi connectivity index (χ3n) is 1.89. The van der Waals surface area contributed by atoms with E-state index in [0.717, 1.165) is 6.42 Å². The Hall–Kier alpha value is -0.270. The van der Waals surface area contributed by atoms with Gasteiger partial charge in [0.05, 0.1) is 0 Å². The van der Waals surface area contributed by atoms with Crippen molar-refractivity contribution < 1.29 is 0 Å². The monoisotopic (exact) mass is 217 g/mol. The summed E-state index contributed by atoms with van der Waals surface area (Å²) in [4.78, 5) is 3.89. The van der Waals surface area contributed by atoms with Gasteiger partial charge >= 0.3 is 0 Å². The van der Waals surface area contributed by atoms with Crippen LogP contribution < -0.4 is 0 Å². The van der Waals surface area contributed by atoms with Gasteiger partial charge in [0.2, 0.25) is 0 Å². The molecule has 0 saturated heterocycles. The Morgan fingerprint density at radius 2 is 1.77 bits per heavy atom. The molecule has 0 aliphatic carbocycles. The summed E-state index contributed by atoms with van der Waals surface area (Å²) in [7, 11) is 0. The lowest BCUT2D eigenvalue weighted by Crippen LogP contribution is -1.87. The minimum Gasteiger partial charge on any atom is -0.224 e. The van der Waals surface area contributed by atoms with E-state index in [4.69, 9.17) is 23.2 Å². The van der Waals surface area contributed by atoms with Crippen molar-refractivity contribution in [3.05, 3.63) is 28.0 Å². The van der Waals surface area contributed by atoms with E-state index in [1.807, 2.05) is 12.1 Å². The lowest BCUT2D eigenvalue weighted by Gasteiger charge is -2.01. The number of aryl methyl sites for hydroxylation is 1. The molecule has 0 aromatic carbocycles. The Kier molecular flexibility index (Phi) is 4.54. The van der Waals surface area contributed by atoms with E-state index >= 15 is 0 Å². The van der Waals surface area contributed by atoms with Crippen molar-refractivity contribution in [1.29, 1.82) is 0 Å². The summed E-state index contributed by atoms with van der Waals surface area (Å²) in [5.41, 5.74) is 1.18. The molecule has 0 atom stereocenters. The molecule has 0 unspecified atom stereocenters.